The van der Waals surface area contributed by atoms with Crippen LogP contribution in [0.15, 0.2) is 12.7 Å². The molecule has 0 spiro atoms. The quantitative estimate of drug-likeness (QED) is 0.185. The van der Waals surface area contributed by atoms with Crippen LogP contribution in [0.1, 0.15) is 78.6 Å². The van der Waals surface area contributed by atoms with Gasteiger partial charge in [0.25, 0.3) is 0 Å². The molecule has 4 atom stereocenters. The van der Waals surface area contributed by atoms with Crippen molar-refractivity contribution >= 4 is 18.3 Å². The Morgan fingerprint density at radius 1 is 1.32 bits per heavy atom. The van der Waals surface area contributed by atoms with Crippen LogP contribution < -0.4 is 5.32 Å². The first-order valence-electron chi connectivity index (χ1n) is 10.6. The summed E-state index contributed by atoms with van der Waals surface area (Å²) in [5.74, 6) is -0.423. The van der Waals surface area contributed by atoms with Crippen molar-refractivity contribution in [2.45, 2.75) is 96.8 Å². The fraction of sp³-hybridized carbons (Fsp3) is 0.773. The molecule has 0 aromatic carbocycles. The summed E-state index contributed by atoms with van der Waals surface area (Å²) >= 11 is 0. The molecule has 0 bridgehead atoms. The minimum absolute atomic E-state index is 0.0960. The average Bonchev–Trinajstić information content (AvgIpc) is 2.64. The van der Waals surface area contributed by atoms with Crippen LogP contribution in [0, 0.1) is 11.8 Å². The monoisotopic (exact) mass is 395 g/mol. The molecule has 0 aliphatic carbocycles. The summed E-state index contributed by atoms with van der Waals surface area (Å²) in [7, 11) is 0. The standard InChI is InChI=1S/C22H37NO5/c1-5-7-9-10-12-18-20(28-21(18)25)14-17(11-8-6-2)27-22(26)19(23-15-24)13-16(3)4/h6,15-20H,2,5,7-14H2,1,3-4H3,(H,23,24)/t17?,18-,19-,20-/m0/s1. The summed E-state index contributed by atoms with van der Waals surface area (Å²) in [6, 6.07) is -0.655. The molecule has 1 aliphatic heterocycles. The Kier molecular flexibility index (Phi) is 11.5. The molecule has 0 saturated carbocycles. The van der Waals surface area contributed by atoms with E-state index < -0.39 is 12.0 Å². The Balaban J connectivity index is 2.63. The highest BCUT2D eigenvalue weighted by Crippen LogP contribution is 2.32. The zero-order valence-corrected chi connectivity index (χ0v) is 17.7. The van der Waals surface area contributed by atoms with Gasteiger partial charge in [-0.1, -0.05) is 52.5 Å². The minimum atomic E-state index is -0.655. The average molecular weight is 396 g/mol. The topological polar surface area (TPSA) is 81.7 Å². The fourth-order valence-corrected chi connectivity index (χ4v) is 3.53. The minimum Gasteiger partial charge on any atom is -0.461 e. The molecular weight excluding hydrogens is 358 g/mol. The lowest BCUT2D eigenvalue weighted by molar-refractivity contribution is -0.190. The van der Waals surface area contributed by atoms with Crippen LogP contribution in [-0.2, 0) is 23.9 Å². The number of amides is 1. The van der Waals surface area contributed by atoms with Crippen molar-refractivity contribution in [1.82, 2.24) is 5.32 Å². The van der Waals surface area contributed by atoms with E-state index in [0.29, 0.717) is 32.1 Å². The van der Waals surface area contributed by atoms with E-state index in [2.05, 4.69) is 18.8 Å². The van der Waals surface area contributed by atoms with Crippen LogP contribution >= 0.6 is 0 Å². The second-order valence-corrected chi connectivity index (χ2v) is 8.06. The van der Waals surface area contributed by atoms with E-state index in [9.17, 15) is 14.4 Å². The first-order chi connectivity index (χ1) is 13.4. The number of carbonyl (C=O) groups excluding carboxylic acids is 3. The maximum Gasteiger partial charge on any atom is 0.328 e. The first-order valence-corrected chi connectivity index (χ1v) is 10.6. The van der Waals surface area contributed by atoms with Crippen LogP contribution in [0.2, 0.25) is 0 Å². The van der Waals surface area contributed by atoms with Gasteiger partial charge in [-0.15, -0.1) is 6.58 Å². The van der Waals surface area contributed by atoms with Gasteiger partial charge in [0.05, 0.1) is 5.92 Å². The van der Waals surface area contributed by atoms with Crippen LogP contribution in [-0.4, -0.2) is 36.6 Å². The second kappa shape index (κ2) is 13.3. The number of hydrogen-bond donors (Lipinski definition) is 1. The summed E-state index contributed by atoms with van der Waals surface area (Å²) in [5, 5.41) is 2.55. The molecule has 0 aromatic rings. The highest BCUT2D eigenvalue weighted by atomic mass is 16.6. The van der Waals surface area contributed by atoms with E-state index in [1.807, 2.05) is 13.8 Å². The Morgan fingerprint density at radius 2 is 2.07 bits per heavy atom. The highest BCUT2D eigenvalue weighted by Gasteiger charge is 2.43. The second-order valence-electron chi connectivity index (χ2n) is 8.06. The van der Waals surface area contributed by atoms with Gasteiger partial charge < -0.3 is 14.8 Å². The lowest BCUT2D eigenvalue weighted by Gasteiger charge is -2.37. The van der Waals surface area contributed by atoms with Gasteiger partial charge in [0, 0.05) is 6.42 Å². The molecule has 1 fully saturated rings. The maximum absolute atomic E-state index is 12.5. The van der Waals surface area contributed by atoms with Gasteiger partial charge in [-0.2, -0.15) is 0 Å². The Bertz CT molecular complexity index is 505. The molecule has 1 N–H and O–H groups in total. The smallest absolute Gasteiger partial charge is 0.328 e. The van der Waals surface area contributed by atoms with Gasteiger partial charge in [0.15, 0.2) is 0 Å². The van der Waals surface area contributed by atoms with Crippen LogP contribution in [0.4, 0.5) is 0 Å². The first kappa shape index (κ1) is 24.2. The predicted octanol–water partition coefficient (Wildman–Crippen LogP) is 3.93. The number of unbranched alkanes of at least 4 members (excludes halogenated alkanes) is 3. The van der Waals surface area contributed by atoms with E-state index in [1.54, 1.807) is 6.08 Å². The Morgan fingerprint density at radius 3 is 2.64 bits per heavy atom. The molecule has 1 unspecified atom stereocenters. The molecule has 160 valence electrons. The highest BCUT2D eigenvalue weighted by molar-refractivity contribution is 5.79. The zero-order valence-electron chi connectivity index (χ0n) is 17.7. The lowest BCUT2D eigenvalue weighted by atomic mass is 9.86. The fourth-order valence-electron chi connectivity index (χ4n) is 3.53. The number of nitrogens with one attached hydrogen (secondary N) is 1. The lowest BCUT2D eigenvalue weighted by Crippen LogP contribution is -2.48. The van der Waals surface area contributed by atoms with E-state index in [-0.39, 0.29) is 30.0 Å². The van der Waals surface area contributed by atoms with Gasteiger partial charge in [-0.05, 0) is 31.6 Å². The van der Waals surface area contributed by atoms with Crippen molar-refractivity contribution < 1.29 is 23.9 Å². The molecule has 6 heteroatoms. The third-order valence-corrected chi connectivity index (χ3v) is 5.12. The molecule has 1 saturated heterocycles. The Hall–Kier alpha value is -1.85. The number of allylic oxidation sites excluding steroid dienone is 1. The van der Waals surface area contributed by atoms with Crippen molar-refractivity contribution in [2.75, 3.05) is 0 Å². The molecular formula is C22H37NO5. The van der Waals surface area contributed by atoms with Crippen LogP contribution in [0.3, 0.4) is 0 Å². The number of ether oxygens (including phenoxy) is 2. The van der Waals surface area contributed by atoms with Crippen LogP contribution in [0.5, 0.6) is 0 Å². The summed E-state index contributed by atoms with van der Waals surface area (Å²) in [4.78, 5) is 35.2. The van der Waals surface area contributed by atoms with Crippen LogP contribution in [0.25, 0.3) is 0 Å². The number of rotatable bonds is 16. The van der Waals surface area contributed by atoms with Gasteiger partial charge in [-0.25, -0.2) is 4.79 Å². The van der Waals surface area contributed by atoms with Gasteiger partial charge >= 0.3 is 11.9 Å². The molecule has 28 heavy (non-hydrogen) atoms. The third kappa shape index (κ3) is 8.44. The summed E-state index contributed by atoms with van der Waals surface area (Å²) in [5.41, 5.74) is 0. The molecule has 1 heterocycles. The zero-order chi connectivity index (χ0) is 20.9. The summed E-state index contributed by atoms with van der Waals surface area (Å²) in [6.07, 6.45) is 9.41. The number of carbonyl (C=O) groups is 3. The molecule has 6 nitrogen and oxygen atoms in total. The van der Waals surface area contributed by atoms with E-state index in [0.717, 1.165) is 25.7 Å². The van der Waals surface area contributed by atoms with E-state index in [4.69, 9.17) is 9.47 Å². The molecule has 1 aliphatic rings. The number of hydrogen-bond acceptors (Lipinski definition) is 5. The van der Waals surface area contributed by atoms with Gasteiger partial charge in [-0.3, -0.25) is 9.59 Å². The molecule has 0 aromatic heterocycles. The number of cyclic esters (lactones) is 1. The van der Waals surface area contributed by atoms with Gasteiger partial charge in [0.2, 0.25) is 6.41 Å². The molecule has 1 amide bonds. The van der Waals surface area contributed by atoms with Crippen molar-refractivity contribution in [3.63, 3.8) is 0 Å². The third-order valence-electron chi connectivity index (χ3n) is 5.12. The van der Waals surface area contributed by atoms with Gasteiger partial charge in [0.1, 0.15) is 18.2 Å². The maximum atomic E-state index is 12.5. The van der Waals surface area contributed by atoms with Crippen molar-refractivity contribution in [3.05, 3.63) is 12.7 Å². The van der Waals surface area contributed by atoms with Crippen molar-refractivity contribution in [2.24, 2.45) is 11.8 Å². The van der Waals surface area contributed by atoms with E-state index in [1.165, 1.54) is 6.42 Å². The number of esters is 2. The summed E-state index contributed by atoms with van der Waals surface area (Å²) in [6.45, 7) is 9.86. The normalized spacial score (nSPS) is 20.6. The molecule has 0 radical (unpaired) electrons. The van der Waals surface area contributed by atoms with E-state index >= 15 is 0 Å². The summed E-state index contributed by atoms with van der Waals surface area (Å²) < 4.78 is 11.0. The SMILES string of the molecule is C=CCCC(C[C@@H]1OC(=O)[C@H]1CCCCCC)OC(=O)[C@H](CC(C)C)NC=O. The molecule has 1 rings (SSSR count). The Labute approximate surface area is 169 Å². The largest absolute Gasteiger partial charge is 0.461 e. The van der Waals surface area contributed by atoms with Crippen molar-refractivity contribution in [1.29, 1.82) is 0 Å². The van der Waals surface area contributed by atoms with Crippen molar-refractivity contribution in [3.8, 4) is 0 Å². The predicted molar refractivity (Wildman–Crippen MR) is 108 cm³/mol.